The Bertz CT molecular complexity index is 746. The van der Waals surface area contributed by atoms with E-state index in [1.165, 1.54) is 0 Å². The second-order valence-electron chi connectivity index (χ2n) is 6.02. The summed E-state index contributed by atoms with van der Waals surface area (Å²) in [5.41, 5.74) is 1.48. The molecule has 0 aromatic heterocycles. The molecule has 1 N–H and O–H groups in total. The fourth-order valence-corrected chi connectivity index (χ4v) is 2.88. The summed E-state index contributed by atoms with van der Waals surface area (Å²) in [6.45, 7) is 2.64. The number of hydrogen-bond acceptors (Lipinski definition) is 3. The van der Waals surface area contributed by atoms with E-state index in [2.05, 4.69) is 5.32 Å². The van der Waals surface area contributed by atoms with Gasteiger partial charge in [-0.25, -0.2) is 0 Å². The van der Waals surface area contributed by atoms with Crippen molar-refractivity contribution < 1.29 is 14.3 Å². The van der Waals surface area contributed by atoms with Crippen molar-refractivity contribution in [3.63, 3.8) is 0 Å². The first kappa shape index (κ1) is 17.0. The molecule has 2 amide bonds. The number of anilines is 2. The molecule has 0 bridgehead atoms. The number of benzene rings is 2. The van der Waals surface area contributed by atoms with Gasteiger partial charge in [0.25, 0.3) is 5.91 Å². The number of rotatable bonds is 6. The highest BCUT2D eigenvalue weighted by Gasteiger charge is 2.23. The SMILES string of the molecule is CC[C@H](Oc1ccccc1)C(=O)Nc1cccc(N2CCCC2=O)c1. The van der Waals surface area contributed by atoms with Crippen LogP contribution in [0, 0.1) is 0 Å². The fourth-order valence-electron chi connectivity index (χ4n) is 2.88. The van der Waals surface area contributed by atoms with Crippen molar-refractivity contribution in [1.29, 1.82) is 0 Å². The summed E-state index contributed by atoms with van der Waals surface area (Å²) >= 11 is 0. The Morgan fingerprint density at radius 3 is 2.68 bits per heavy atom. The number of para-hydroxylation sites is 1. The molecule has 1 saturated heterocycles. The van der Waals surface area contributed by atoms with Crippen LogP contribution in [0.4, 0.5) is 11.4 Å². The molecule has 3 rings (SSSR count). The van der Waals surface area contributed by atoms with Crippen molar-refractivity contribution in [1.82, 2.24) is 0 Å². The molecule has 1 atom stereocenters. The van der Waals surface area contributed by atoms with E-state index in [0.29, 0.717) is 24.3 Å². The standard InChI is InChI=1S/C20H22N2O3/c1-2-18(25-17-10-4-3-5-11-17)20(24)21-15-8-6-9-16(14-15)22-13-7-12-19(22)23/h3-6,8-11,14,18H,2,7,12-13H2,1H3,(H,21,24)/t18-/m0/s1. The van der Waals surface area contributed by atoms with E-state index >= 15 is 0 Å². The van der Waals surface area contributed by atoms with Gasteiger partial charge in [-0.3, -0.25) is 9.59 Å². The molecule has 130 valence electrons. The lowest BCUT2D eigenvalue weighted by Gasteiger charge is -2.19. The number of nitrogens with one attached hydrogen (secondary N) is 1. The summed E-state index contributed by atoms with van der Waals surface area (Å²) < 4.78 is 5.77. The highest BCUT2D eigenvalue weighted by molar-refractivity contribution is 5.98. The maximum absolute atomic E-state index is 12.5. The normalized spacial score (nSPS) is 15.1. The van der Waals surface area contributed by atoms with E-state index in [9.17, 15) is 9.59 Å². The zero-order valence-corrected chi connectivity index (χ0v) is 14.3. The first-order valence-electron chi connectivity index (χ1n) is 8.60. The van der Waals surface area contributed by atoms with E-state index in [1.807, 2.05) is 61.5 Å². The molecule has 5 heteroatoms. The van der Waals surface area contributed by atoms with Gasteiger partial charge in [0.2, 0.25) is 5.91 Å². The largest absolute Gasteiger partial charge is 0.481 e. The summed E-state index contributed by atoms with van der Waals surface area (Å²) in [6, 6.07) is 16.7. The van der Waals surface area contributed by atoms with Crippen LogP contribution in [0.15, 0.2) is 54.6 Å². The van der Waals surface area contributed by atoms with Gasteiger partial charge in [0.05, 0.1) is 0 Å². The first-order valence-corrected chi connectivity index (χ1v) is 8.60. The van der Waals surface area contributed by atoms with Crippen molar-refractivity contribution in [2.24, 2.45) is 0 Å². The second-order valence-corrected chi connectivity index (χ2v) is 6.02. The Morgan fingerprint density at radius 1 is 1.20 bits per heavy atom. The molecule has 0 aliphatic carbocycles. The van der Waals surface area contributed by atoms with Gasteiger partial charge in [-0.15, -0.1) is 0 Å². The minimum atomic E-state index is -0.570. The number of nitrogens with zero attached hydrogens (tertiary/aromatic N) is 1. The Hall–Kier alpha value is -2.82. The van der Waals surface area contributed by atoms with Crippen LogP contribution in [0.25, 0.3) is 0 Å². The van der Waals surface area contributed by atoms with Crippen LogP contribution >= 0.6 is 0 Å². The third-order valence-electron chi connectivity index (χ3n) is 4.18. The predicted molar refractivity (Wildman–Crippen MR) is 97.8 cm³/mol. The smallest absolute Gasteiger partial charge is 0.265 e. The molecule has 1 heterocycles. The van der Waals surface area contributed by atoms with Gasteiger partial charge >= 0.3 is 0 Å². The van der Waals surface area contributed by atoms with Crippen LogP contribution in [-0.4, -0.2) is 24.5 Å². The molecule has 2 aromatic rings. The minimum absolute atomic E-state index is 0.127. The Kier molecular flexibility index (Phi) is 5.33. The lowest BCUT2D eigenvalue weighted by Crippen LogP contribution is -2.32. The Morgan fingerprint density at radius 2 is 2.00 bits per heavy atom. The zero-order chi connectivity index (χ0) is 17.6. The predicted octanol–water partition coefficient (Wildman–Crippen LogP) is 3.61. The van der Waals surface area contributed by atoms with Crippen LogP contribution in [-0.2, 0) is 9.59 Å². The van der Waals surface area contributed by atoms with Crippen molar-refractivity contribution in [3.05, 3.63) is 54.6 Å². The quantitative estimate of drug-likeness (QED) is 0.875. The van der Waals surface area contributed by atoms with Gasteiger partial charge in [-0.05, 0) is 43.2 Å². The van der Waals surface area contributed by atoms with Gasteiger partial charge in [-0.1, -0.05) is 31.2 Å². The molecular weight excluding hydrogens is 316 g/mol. The van der Waals surface area contributed by atoms with Crippen molar-refractivity contribution in [2.45, 2.75) is 32.3 Å². The van der Waals surface area contributed by atoms with Gasteiger partial charge < -0.3 is 15.0 Å². The number of ether oxygens (including phenoxy) is 1. The van der Waals surface area contributed by atoms with Crippen molar-refractivity contribution in [2.75, 3.05) is 16.8 Å². The van der Waals surface area contributed by atoms with Crippen molar-refractivity contribution in [3.8, 4) is 5.75 Å². The monoisotopic (exact) mass is 338 g/mol. The highest BCUT2D eigenvalue weighted by Crippen LogP contribution is 2.24. The summed E-state index contributed by atoms with van der Waals surface area (Å²) in [5.74, 6) is 0.597. The highest BCUT2D eigenvalue weighted by atomic mass is 16.5. The van der Waals surface area contributed by atoms with Gasteiger partial charge in [0.1, 0.15) is 5.75 Å². The summed E-state index contributed by atoms with van der Waals surface area (Å²) in [5, 5.41) is 2.89. The second kappa shape index (κ2) is 7.83. The van der Waals surface area contributed by atoms with Crippen LogP contribution < -0.4 is 15.0 Å². The number of carbonyl (C=O) groups excluding carboxylic acids is 2. The first-order chi connectivity index (χ1) is 12.2. The molecule has 0 radical (unpaired) electrons. The fraction of sp³-hybridized carbons (Fsp3) is 0.300. The molecule has 0 spiro atoms. The van der Waals surface area contributed by atoms with Gasteiger partial charge in [-0.2, -0.15) is 0 Å². The summed E-state index contributed by atoms with van der Waals surface area (Å²) in [7, 11) is 0. The molecule has 1 aliphatic rings. The Labute approximate surface area is 147 Å². The van der Waals surface area contributed by atoms with Gasteiger partial charge in [0, 0.05) is 24.3 Å². The van der Waals surface area contributed by atoms with E-state index < -0.39 is 6.10 Å². The van der Waals surface area contributed by atoms with Gasteiger partial charge in [0.15, 0.2) is 6.10 Å². The Balaban J connectivity index is 1.68. The molecule has 5 nitrogen and oxygen atoms in total. The summed E-state index contributed by atoms with van der Waals surface area (Å²) in [6.07, 6.45) is 1.45. The van der Waals surface area contributed by atoms with E-state index in [0.717, 1.165) is 18.7 Å². The third kappa shape index (κ3) is 4.18. The number of hydrogen-bond donors (Lipinski definition) is 1. The van der Waals surface area contributed by atoms with Crippen LogP contribution in [0.2, 0.25) is 0 Å². The molecular formula is C20H22N2O3. The molecule has 1 fully saturated rings. The van der Waals surface area contributed by atoms with E-state index in [1.54, 1.807) is 4.90 Å². The molecule has 0 unspecified atom stereocenters. The maximum Gasteiger partial charge on any atom is 0.265 e. The van der Waals surface area contributed by atoms with E-state index in [-0.39, 0.29) is 11.8 Å². The van der Waals surface area contributed by atoms with Crippen LogP contribution in [0.3, 0.4) is 0 Å². The van der Waals surface area contributed by atoms with Crippen LogP contribution in [0.5, 0.6) is 5.75 Å². The van der Waals surface area contributed by atoms with Crippen LogP contribution in [0.1, 0.15) is 26.2 Å². The van der Waals surface area contributed by atoms with E-state index in [4.69, 9.17) is 4.74 Å². The molecule has 25 heavy (non-hydrogen) atoms. The average Bonchev–Trinajstić information content (AvgIpc) is 3.06. The molecule has 1 aliphatic heterocycles. The van der Waals surface area contributed by atoms with Crippen molar-refractivity contribution >= 4 is 23.2 Å². The number of amides is 2. The third-order valence-corrected chi connectivity index (χ3v) is 4.18. The topological polar surface area (TPSA) is 58.6 Å². The average molecular weight is 338 g/mol. The summed E-state index contributed by atoms with van der Waals surface area (Å²) in [4.78, 5) is 26.2. The lowest BCUT2D eigenvalue weighted by molar-refractivity contribution is -0.122. The lowest BCUT2D eigenvalue weighted by atomic mass is 10.2. The zero-order valence-electron chi connectivity index (χ0n) is 14.3. The molecule has 0 saturated carbocycles. The molecule has 2 aromatic carbocycles. The maximum atomic E-state index is 12.5. The number of carbonyl (C=O) groups is 2. The minimum Gasteiger partial charge on any atom is -0.481 e.